The Kier molecular flexibility index (Phi) is 10.0. The summed E-state index contributed by atoms with van der Waals surface area (Å²) < 4.78 is 10.3. The third kappa shape index (κ3) is 7.38. The van der Waals surface area contributed by atoms with Gasteiger partial charge in [0, 0.05) is 97.4 Å². The second-order valence-corrected chi connectivity index (χ2v) is 23.8. The molecule has 0 aliphatic heterocycles. The Balaban J connectivity index is 0.925. The predicted molar refractivity (Wildman–Crippen MR) is 329 cm³/mol. The number of fused-ring (bicyclic) bond motifs is 12. The minimum Gasteiger partial charge on any atom is -0.208 e. The van der Waals surface area contributed by atoms with Gasteiger partial charge < -0.3 is 0 Å². The molecule has 16 aromatic rings. The van der Waals surface area contributed by atoms with E-state index >= 15 is 0 Å². The second kappa shape index (κ2) is 17.5. The molecule has 0 N–H and O–H groups in total. The molecule has 11 aromatic carbocycles. The molecule has 0 saturated carbocycles. The van der Waals surface area contributed by atoms with Crippen LogP contribution in [0.4, 0.5) is 0 Å². The van der Waals surface area contributed by atoms with Gasteiger partial charge in [0.2, 0.25) is 0 Å². The fourth-order valence-corrected chi connectivity index (χ4v) is 15.5. The summed E-state index contributed by atoms with van der Waals surface area (Å²) in [5.41, 5.74) is 11.7. The largest absolute Gasteiger partial charge is 0.208 e. The van der Waals surface area contributed by atoms with Crippen LogP contribution in [0.1, 0.15) is 0 Å². The lowest BCUT2D eigenvalue weighted by Crippen LogP contribution is -2.01. The van der Waals surface area contributed by atoms with Gasteiger partial charge in [-0.15, -0.1) is 45.3 Å². The first kappa shape index (κ1) is 43.7. The normalized spacial score (nSPS) is 11.9. The summed E-state index contributed by atoms with van der Waals surface area (Å²) in [5, 5.41) is 10.2. The molecule has 5 heterocycles. The van der Waals surface area contributed by atoms with E-state index < -0.39 is 0 Å². The lowest BCUT2D eigenvalue weighted by Gasteiger charge is -2.14. The highest BCUT2D eigenvalue weighted by Gasteiger charge is 2.19. The highest BCUT2D eigenvalue weighted by molar-refractivity contribution is 7.27. The Labute approximate surface area is 453 Å². The van der Waals surface area contributed by atoms with Crippen LogP contribution in [0.15, 0.2) is 237 Å². The van der Waals surface area contributed by atoms with E-state index in [1.165, 1.54) is 80.7 Å². The fraction of sp³-hybridized carbons (Fsp3) is 0. The van der Waals surface area contributed by atoms with Crippen molar-refractivity contribution in [2.24, 2.45) is 0 Å². The number of aromatic nitrogens is 3. The van der Waals surface area contributed by atoms with E-state index in [0.29, 0.717) is 17.5 Å². The van der Waals surface area contributed by atoms with Gasteiger partial charge in [-0.05, 0) is 154 Å². The van der Waals surface area contributed by atoms with Gasteiger partial charge in [0.05, 0.1) is 0 Å². The first-order chi connectivity index (χ1) is 37.6. The monoisotopic (exact) mass is 1040 g/mol. The van der Waals surface area contributed by atoms with Crippen LogP contribution in [0.5, 0.6) is 0 Å². The molecule has 0 saturated heterocycles. The van der Waals surface area contributed by atoms with Crippen LogP contribution >= 0.6 is 45.3 Å². The predicted octanol–water partition coefficient (Wildman–Crippen LogP) is 21.0. The summed E-state index contributed by atoms with van der Waals surface area (Å²) in [5.74, 6) is 1.84. The Morgan fingerprint density at radius 3 is 0.737 bits per heavy atom. The SMILES string of the molecule is c1ccc(-c2nc(-c3cc(-c4ccc5sc6ccccc6c5c4)cc(-c4ccc5sc6ccccc6c5c4)c3)nc(-c3cc(-c4ccc5sc6ccccc6c5c4)cc(-c4ccc5sc6ccccc6c5c4)c3)n2)cc1. The molecule has 7 heteroatoms. The molecule has 0 radical (unpaired) electrons. The van der Waals surface area contributed by atoms with E-state index in [1.807, 2.05) is 51.4 Å². The zero-order chi connectivity index (χ0) is 49.8. The van der Waals surface area contributed by atoms with Crippen LogP contribution in [0.3, 0.4) is 0 Å². The average molecular weight is 1040 g/mol. The van der Waals surface area contributed by atoms with E-state index in [0.717, 1.165) is 61.2 Å². The molecule has 0 unspecified atom stereocenters. The maximum Gasteiger partial charge on any atom is 0.164 e. The number of hydrogen-bond acceptors (Lipinski definition) is 7. The van der Waals surface area contributed by atoms with Crippen LogP contribution in [-0.4, -0.2) is 15.0 Å². The van der Waals surface area contributed by atoms with Crippen LogP contribution in [0.2, 0.25) is 0 Å². The summed E-state index contributed by atoms with van der Waals surface area (Å²) in [6, 6.07) is 86.6. The van der Waals surface area contributed by atoms with Crippen molar-refractivity contribution < 1.29 is 0 Å². The number of rotatable bonds is 7. The molecule has 0 aliphatic carbocycles. The molecule has 0 spiro atoms. The zero-order valence-electron chi connectivity index (χ0n) is 40.5. The smallest absolute Gasteiger partial charge is 0.164 e. The van der Waals surface area contributed by atoms with Crippen molar-refractivity contribution in [3.8, 4) is 78.7 Å². The third-order valence-corrected chi connectivity index (χ3v) is 19.5. The molecule has 0 aliphatic rings. The molecule has 354 valence electrons. The average Bonchev–Trinajstić information content (AvgIpc) is 4.28. The van der Waals surface area contributed by atoms with Gasteiger partial charge in [-0.2, -0.15) is 0 Å². The lowest BCUT2D eigenvalue weighted by atomic mass is 9.94. The van der Waals surface area contributed by atoms with Gasteiger partial charge in [0.1, 0.15) is 0 Å². The molecule has 3 nitrogen and oxygen atoms in total. The third-order valence-electron chi connectivity index (χ3n) is 14.9. The summed E-state index contributed by atoms with van der Waals surface area (Å²) in [6.07, 6.45) is 0. The van der Waals surface area contributed by atoms with Gasteiger partial charge in [-0.3, -0.25) is 0 Å². The second-order valence-electron chi connectivity index (χ2n) is 19.5. The van der Waals surface area contributed by atoms with Crippen molar-refractivity contribution in [1.29, 1.82) is 0 Å². The van der Waals surface area contributed by atoms with E-state index in [-0.39, 0.29) is 0 Å². The summed E-state index contributed by atoms with van der Waals surface area (Å²) >= 11 is 7.37. The van der Waals surface area contributed by atoms with Crippen LogP contribution in [0.25, 0.3) is 159 Å². The van der Waals surface area contributed by atoms with Crippen molar-refractivity contribution in [3.05, 3.63) is 237 Å². The quantitative estimate of drug-likeness (QED) is 0.160. The Morgan fingerprint density at radius 2 is 0.421 bits per heavy atom. The number of thiophene rings is 4. The van der Waals surface area contributed by atoms with Crippen LogP contribution in [-0.2, 0) is 0 Å². The lowest BCUT2D eigenvalue weighted by molar-refractivity contribution is 1.07. The van der Waals surface area contributed by atoms with Crippen molar-refractivity contribution in [2.45, 2.75) is 0 Å². The zero-order valence-corrected chi connectivity index (χ0v) is 43.8. The molecule has 0 amide bonds. The number of hydrogen-bond donors (Lipinski definition) is 0. The van der Waals surface area contributed by atoms with Gasteiger partial charge in [0.15, 0.2) is 17.5 Å². The van der Waals surface area contributed by atoms with Crippen molar-refractivity contribution in [1.82, 2.24) is 15.0 Å². The highest BCUT2D eigenvalue weighted by atomic mass is 32.1. The molecule has 0 atom stereocenters. The molecule has 76 heavy (non-hydrogen) atoms. The molecule has 0 bridgehead atoms. The van der Waals surface area contributed by atoms with Crippen LogP contribution < -0.4 is 0 Å². The van der Waals surface area contributed by atoms with Crippen LogP contribution in [0, 0.1) is 0 Å². The minimum atomic E-state index is 0.611. The first-order valence-electron chi connectivity index (χ1n) is 25.4. The Morgan fingerprint density at radius 1 is 0.171 bits per heavy atom. The molecule has 16 rings (SSSR count). The molecule has 0 fully saturated rings. The van der Waals surface area contributed by atoms with Crippen molar-refractivity contribution >= 4 is 126 Å². The van der Waals surface area contributed by atoms with Gasteiger partial charge >= 0.3 is 0 Å². The fourth-order valence-electron chi connectivity index (χ4n) is 11.2. The van der Waals surface area contributed by atoms with Crippen molar-refractivity contribution in [2.75, 3.05) is 0 Å². The Hall–Kier alpha value is -8.69. The van der Waals surface area contributed by atoms with Gasteiger partial charge in [-0.1, -0.05) is 127 Å². The topological polar surface area (TPSA) is 38.7 Å². The van der Waals surface area contributed by atoms with E-state index in [2.05, 4.69) is 231 Å². The Bertz CT molecular complexity index is 4460. The van der Waals surface area contributed by atoms with Crippen molar-refractivity contribution in [3.63, 3.8) is 0 Å². The summed E-state index contributed by atoms with van der Waals surface area (Å²) in [4.78, 5) is 16.3. The highest BCUT2D eigenvalue weighted by Crippen LogP contribution is 2.44. The maximum absolute atomic E-state index is 5.55. The molecular weight excluding hydrogens is 999 g/mol. The maximum atomic E-state index is 5.55. The van der Waals surface area contributed by atoms with E-state index in [4.69, 9.17) is 15.0 Å². The van der Waals surface area contributed by atoms with Gasteiger partial charge in [0.25, 0.3) is 0 Å². The molecule has 5 aromatic heterocycles. The first-order valence-corrected chi connectivity index (χ1v) is 28.6. The number of benzene rings is 11. The minimum absolute atomic E-state index is 0.611. The van der Waals surface area contributed by atoms with E-state index in [1.54, 1.807) is 0 Å². The summed E-state index contributed by atoms with van der Waals surface area (Å²) in [6.45, 7) is 0. The standard InChI is InChI=1S/C69H39N3S4/c1-2-12-40(13-3-1)67-70-68(49-32-45(41-22-26-63-55(36-41)51-14-4-8-18-59(51)73-63)30-46(33-49)42-23-27-64-56(37-42)52-15-5-9-19-60(52)74-64)72-69(71-67)50-34-47(43-24-28-65-57(38-43)53-16-6-10-20-61(53)75-65)31-48(35-50)44-25-29-66-58(39-44)54-17-7-11-21-62(54)76-66/h1-39H. The number of nitrogens with zero attached hydrogens (tertiary/aromatic N) is 3. The van der Waals surface area contributed by atoms with Gasteiger partial charge in [-0.25, -0.2) is 15.0 Å². The van der Waals surface area contributed by atoms with E-state index in [9.17, 15) is 0 Å². The summed E-state index contributed by atoms with van der Waals surface area (Å²) in [7, 11) is 0. The molecular formula is C69H39N3S4.